The van der Waals surface area contributed by atoms with Crippen molar-refractivity contribution in [2.24, 2.45) is 0 Å². The van der Waals surface area contributed by atoms with Crippen molar-refractivity contribution in [3.8, 4) is 0 Å². The molecule has 0 saturated heterocycles. The van der Waals surface area contributed by atoms with Crippen LogP contribution in [0.3, 0.4) is 0 Å². The van der Waals surface area contributed by atoms with Crippen LogP contribution in [0.15, 0.2) is 64.1 Å². The summed E-state index contributed by atoms with van der Waals surface area (Å²) in [6.07, 6.45) is 1.24. The van der Waals surface area contributed by atoms with Crippen LogP contribution in [-0.2, 0) is 19.6 Å². The molecule has 1 aliphatic rings. The maximum absolute atomic E-state index is 13.0. The van der Waals surface area contributed by atoms with Gasteiger partial charge < -0.3 is 9.84 Å². The molecule has 3 rings (SSSR count). The number of carboxylic acids is 1. The first-order valence-corrected chi connectivity index (χ1v) is 9.96. The zero-order valence-electron chi connectivity index (χ0n) is 13.8. The molecule has 0 spiro atoms. The minimum Gasteiger partial charge on any atom is -0.489 e. The third kappa shape index (κ3) is 3.61. The van der Waals surface area contributed by atoms with E-state index < -0.39 is 22.0 Å². The highest BCUT2D eigenvalue weighted by atomic mass is 79.9. The second-order valence-electron chi connectivity index (χ2n) is 5.81. The van der Waals surface area contributed by atoms with E-state index in [1.807, 2.05) is 6.92 Å². The van der Waals surface area contributed by atoms with Crippen LogP contribution < -0.4 is 0 Å². The minimum absolute atomic E-state index is 0.0302. The monoisotopic (exact) mass is 437 g/mol. The Morgan fingerprint density at radius 2 is 1.77 bits per heavy atom. The van der Waals surface area contributed by atoms with Crippen molar-refractivity contribution in [1.29, 1.82) is 0 Å². The van der Waals surface area contributed by atoms with Gasteiger partial charge in [-0.25, -0.2) is 13.2 Å². The van der Waals surface area contributed by atoms with Gasteiger partial charge in [-0.3, -0.25) is 4.31 Å². The van der Waals surface area contributed by atoms with Gasteiger partial charge in [-0.2, -0.15) is 0 Å². The zero-order chi connectivity index (χ0) is 18.9. The third-order valence-corrected chi connectivity index (χ3v) is 6.27. The fourth-order valence-electron chi connectivity index (χ4n) is 2.51. The largest absolute Gasteiger partial charge is 0.489 e. The standard InChI is InChI=1S/C18H16BrNO5S/c1-12-2-8-15(9-3-12)26(23,24)20-10-17(25-11-16(20)18(21)22)13-4-6-14(19)7-5-13/h2-10,16H,11H2,1H3,(H,21,22)/t16-/m0/s1. The van der Waals surface area contributed by atoms with Crippen LogP contribution in [0.2, 0.25) is 0 Å². The number of ether oxygens (including phenoxy) is 1. The minimum atomic E-state index is -4.04. The Labute approximate surface area is 159 Å². The molecule has 1 N–H and O–H groups in total. The molecule has 2 aromatic rings. The molecular formula is C18H16BrNO5S. The lowest BCUT2D eigenvalue weighted by atomic mass is 10.2. The molecular weight excluding hydrogens is 422 g/mol. The summed E-state index contributed by atoms with van der Waals surface area (Å²) in [6, 6.07) is 12.0. The molecule has 0 aromatic heterocycles. The highest BCUT2D eigenvalue weighted by Crippen LogP contribution is 2.29. The van der Waals surface area contributed by atoms with Crippen molar-refractivity contribution in [3.63, 3.8) is 0 Å². The third-order valence-electron chi connectivity index (χ3n) is 3.96. The Bertz CT molecular complexity index is 952. The first-order chi connectivity index (χ1) is 12.3. The highest BCUT2D eigenvalue weighted by Gasteiger charge is 2.37. The average molecular weight is 438 g/mol. The summed E-state index contributed by atoms with van der Waals surface area (Å²) in [4.78, 5) is 11.6. The molecule has 0 bridgehead atoms. The Hall–Kier alpha value is -2.32. The Morgan fingerprint density at radius 3 is 2.35 bits per heavy atom. The number of hydrogen-bond donors (Lipinski definition) is 1. The van der Waals surface area contributed by atoms with Gasteiger partial charge in [-0.15, -0.1) is 0 Å². The van der Waals surface area contributed by atoms with Crippen molar-refractivity contribution < 1.29 is 23.1 Å². The quantitative estimate of drug-likeness (QED) is 0.793. The summed E-state index contributed by atoms with van der Waals surface area (Å²) in [5, 5.41) is 9.43. The van der Waals surface area contributed by atoms with Gasteiger partial charge >= 0.3 is 5.97 Å². The summed E-state index contributed by atoms with van der Waals surface area (Å²) in [5.74, 6) is -0.975. The molecule has 0 fully saturated rings. The van der Waals surface area contributed by atoms with E-state index in [0.717, 1.165) is 14.3 Å². The lowest BCUT2D eigenvalue weighted by molar-refractivity contribution is -0.142. The van der Waals surface area contributed by atoms with E-state index in [2.05, 4.69) is 15.9 Å². The van der Waals surface area contributed by atoms with Crippen molar-refractivity contribution >= 4 is 37.7 Å². The van der Waals surface area contributed by atoms with Gasteiger partial charge in [-0.05, 0) is 31.2 Å². The maximum atomic E-state index is 13.0. The number of aryl methyl sites for hydroxylation is 1. The molecule has 0 saturated carbocycles. The number of nitrogens with zero attached hydrogens (tertiary/aromatic N) is 1. The first-order valence-electron chi connectivity index (χ1n) is 7.72. The smallest absolute Gasteiger partial charge is 0.331 e. The number of hydrogen-bond acceptors (Lipinski definition) is 4. The summed E-state index contributed by atoms with van der Waals surface area (Å²) in [5.41, 5.74) is 1.56. The van der Waals surface area contributed by atoms with Gasteiger partial charge in [0.25, 0.3) is 10.0 Å². The van der Waals surface area contributed by atoms with Gasteiger partial charge in [0, 0.05) is 10.0 Å². The van der Waals surface area contributed by atoms with Crippen LogP contribution in [0.1, 0.15) is 11.1 Å². The van der Waals surface area contributed by atoms with Gasteiger partial charge in [0.2, 0.25) is 0 Å². The predicted molar refractivity (Wildman–Crippen MR) is 99.7 cm³/mol. The Kier molecular flexibility index (Phi) is 5.06. The van der Waals surface area contributed by atoms with Crippen LogP contribution >= 0.6 is 15.9 Å². The van der Waals surface area contributed by atoms with E-state index in [1.54, 1.807) is 36.4 Å². The number of benzene rings is 2. The van der Waals surface area contributed by atoms with Crippen LogP contribution in [-0.4, -0.2) is 36.4 Å². The Balaban J connectivity index is 2.06. The topological polar surface area (TPSA) is 83.9 Å². The van der Waals surface area contributed by atoms with Crippen LogP contribution in [0, 0.1) is 6.92 Å². The van der Waals surface area contributed by atoms with Crippen LogP contribution in [0.5, 0.6) is 0 Å². The first kappa shape index (κ1) is 18.5. The number of aliphatic carboxylic acids is 1. The molecule has 0 amide bonds. The lowest BCUT2D eigenvalue weighted by Gasteiger charge is -2.32. The van der Waals surface area contributed by atoms with Crippen molar-refractivity contribution in [1.82, 2.24) is 4.31 Å². The summed E-state index contributed by atoms with van der Waals surface area (Å²) < 4.78 is 33.2. The summed E-state index contributed by atoms with van der Waals surface area (Å²) in [6.45, 7) is 1.57. The van der Waals surface area contributed by atoms with E-state index in [-0.39, 0.29) is 11.5 Å². The van der Waals surface area contributed by atoms with Crippen molar-refractivity contribution in [2.75, 3.05) is 6.61 Å². The summed E-state index contributed by atoms with van der Waals surface area (Å²) >= 11 is 3.33. The number of halogens is 1. The van der Waals surface area contributed by atoms with E-state index in [0.29, 0.717) is 11.3 Å². The molecule has 6 nitrogen and oxygen atoms in total. The van der Waals surface area contributed by atoms with Gasteiger partial charge in [0.1, 0.15) is 12.4 Å². The fourth-order valence-corrected chi connectivity index (χ4v) is 4.21. The molecule has 136 valence electrons. The molecule has 1 aliphatic heterocycles. The van der Waals surface area contributed by atoms with E-state index >= 15 is 0 Å². The van der Waals surface area contributed by atoms with Crippen LogP contribution in [0.25, 0.3) is 5.76 Å². The molecule has 0 aliphatic carbocycles. The lowest BCUT2D eigenvalue weighted by Crippen LogP contribution is -2.46. The fraction of sp³-hybridized carbons (Fsp3) is 0.167. The molecule has 26 heavy (non-hydrogen) atoms. The van der Waals surface area contributed by atoms with Crippen molar-refractivity contribution in [3.05, 3.63) is 70.3 Å². The molecule has 1 heterocycles. The molecule has 8 heteroatoms. The summed E-state index contributed by atoms with van der Waals surface area (Å²) in [7, 11) is -4.04. The molecule has 0 unspecified atom stereocenters. The van der Waals surface area contributed by atoms with E-state index in [1.165, 1.54) is 18.3 Å². The molecule has 1 atom stereocenters. The zero-order valence-corrected chi connectivity index (χ0v) is 16.2. The number of carboxylic acid groups (broad SMARTS) is 1. The second kappa shape index (κ2) is 7.13. The second-order valence-corrected chi connectivity index (χ2v) is 8.57. The van der Waals surface area contributed by atoms with Gasteiger partial charge in [-0.1, -0.05) is 45.8 Å². The molecule has 0 radical (unpaired) electrons. The predicted octanol–water partition coefficient (Wildman–Crippen LogP) is 3.23. The highest BCUT2D eigenvalue weighted by molar-refractivity contribution is 9.10. The van der Waals surface area contributed by atoms with Gasteiger partial charge in [0.15, 0.2) is 6.04 Å². The maximum Gasteiger partial charge on any atom is 0.331 e. The number of rotatable bonds is 4. The van der Waals surface area contributed by atoms with E-state index in [9.17, 15) is 18.3 Å². The number of sulfonamides is 1. The Morgan fingerprint density at radius 1 is 1.15 bits per heavy atom. The number of carbonyl (C=O) groups is 1. The van der Waals surface area contributed by atoms with E-state index in [4.69, 9.17) is 4.74 Å². The molecule has 2 aromatic carbocycles. The average Bonchev–Trinajstić information content (AvgIpc) is 2.62. The van der Waals surface area contributed by atoms with Crippen molar-refractivity contribution in [2.45, 2.75) is 17.9 Å². The normalized spacial score (nSPS) is 17.4. The SMILES string of the molecule is Cc1ccc(S(=O)(=O)N2C=C(c3ccc(Br)cc3)OC[C@H]2C(=O)O)cc1. The van der Waals surface area contributed by atoms with Crippen LogP contribution in [0.4, 0.5) is 0 Å². The van der Waals surface area contributed by atoms with Gasteiger partial charge in [0.05, 0.1) is 11.1 Å².